The lowest BCUT2D eigenvalue weighted by molar-refractivity contribution is -0.156. The fourth-order valence-electron chi connectivity index (χ4n) is 2.55. The maximum Gasteiger partial charge on any atom is 0.308 e. The molecule has 0 unspecified atom stereocenters. The van der Waals surface area contributed by atoms with Gasteiger partial charge in [0.25, 0.3) is 0 Å². The third-order valence-electron chi connectivity index (χ3n) is 4.17. The average Bonchev–Trinajstić information content (AvgIpc) is 2.83. The van der Waals surface area contributed by atoms with Gasteiger partial charge in [0.15, 0.2) is 0 Å². The van der Waals surface area contributed by atoms with Gasteiger partial charge in [0.2, 0.25) is 0 Å². The van der Waals surface area contributed by atoms with Crippen molar-refractivity contribution < 1.29 is 33.2 Å². The standard InChI is InChI=1S/C20H37N9O7/c1-19(2,3)36-18(30)4-5-31-6-7-32-8-9-33-10-11-34-12-13-35-17-20(14-24-27-21,15-25-28-22)16-26-29-23/h4-17H2,1-3H3. The van der Waals surface area contributed by atoms with Crippen LogP contribution in [-0.4, -0.2) is 97.3 Å². The second kappa shape index (κ2) is 21.5. The van der Waals surface area contributed by atoms with Gasteiger partial charge in [-0.15, -0.1) is 0 Å². The molecule has 0 aliphatic rings. The minimum absolute atomic E-state index is 0.0451. The van der Waals surface area contributed by atoms with E-state index in [1.165, 1.54) is 0 Å². The number of nitrogens with zero attached hydrogens (tertiary/aromatic N) is 9. The fourth-order valence-corrected chi connectivity index (χ4v) is 2.55. The van der Waals surface area contributed by atoms with Crippen LogP contribution in [0.3, 0.4) is 0 Å². The Balaban J connectivity index is 3.74. The van der Waals surface area contributed by atoms with Crippen LogP contribution in [0.1, 0.15) is 27.2 Å². The number of carbonyl (C=O) groups is 1. The van der Waals surface area contributed by atoms with Crippen LogP contribution in [0.15, 0.2) is 15.3 Å². The molecule has 0 atom stereocenters. The first-order valence-corrected chi connectivity index (χ1v) is 11.4. The highest BCUT2D eigenvalue weighted by Gasteiger charge is 2.29. The van der Waals surface area contributed by atoms with E-state index in [2.05, 4.69) is 30.1 Å². The maximum atomic E-state index is 11.5. The zero-order valence-electron chi connectivity index (χ0n) is 21.3. The van der Waals surface area contributed by atoms with E-state index in [1.807, 2.05) is 20.8 Å². The van der Waals surface area contributed by atoms with Crippen molar-refractivity contribution in [3.8, 4) is 0 Å². The van der Waals surface area contributed by atoms with Gasteiger partial charge in [-0.2, -0.15) is 0 Å². The molecule has 0 aromatic carbocycles. The molecule has 0 aliphatic carbocycles. The van der Waals surface area contributed by atoms with Crippen LogP contribution in [0.5, 0.6) is 0 Å². The van der Waals surface area contributed by atoms with Crippen LogP contribution in [0.25, 0.3) is 31.3 Å². The van der Waals surface area contributed by atoms with E-state index in [0.29, 0.717) is 46.2 Å². The highest BCUT2D eigenvalue weighted by molar-refractivity contribution is 5.69. The molecule has 0 N–H and O–H groups in total. The Bertz CT molecular complexity index is 694. The second-order valence-corrected chi connectivity index (χ2v) is 8.51. The van der Waals surface area contributed by atoms with Crippen LogP contribution in [0.2, 0.25) is 0 Å². The van der Waals surface area contributed by atoms with E-state index >= 15 is 0 Å². The quantitative estimate of drug-likeness (QED) is 0.0644. The van der Waals surface area contributed by atoms with Gasteiger partial charge < -0.3 is 28.4 Å². The van der Waals surface area contributed by atoms with Gasteiger partial charge in [0, 0.05) is 39.8 Å². The van der Waals surface area contributed by atoms with E-state index in [4.69, 9.17) is 45.0 Å². The van der Waals surface area contributed by atoms with E-state index < -0.39 is 11.0 Å². The lowest BCUT2D eigenvalue weighted by Gasteiger charge is -2.28. The van der Waals surface area contributed by atoms with Crippen molar-refractivity contribution in [3.63, 3.8) is 0 Å². The Labute approximate surface area is 210 Å². The molecular weight excluding hydrogens is 478 g/mol. The van der Waals surface area contributed by atoms with Gasteiger partial charge in [-0.3, -0.25) is 4.79 Å². The summed E-state index contributed by atoms with van der Waals surface area (Å²) in [4.78, 5) is 19.6. The van der Waals surface area contributed by atoms with Gasteiger partial charge in [0.05, 0.1) is 72.5 Å². The van der Waals surface area contributed by atoms with E-state index in [0.717, 1.165) is 0 Å². The number of ether oxygens (including phenoxy) is 6. The monoisotopic (exact) mass is 515 g/mol. The Kier molecular flexibility index (Phi) is 19.8. The average molecular weight is 516 g/mol. The van der Waals surface area contributed by atoms with Crippen molar-refractivity contribution in [2.24, 2.45) is 20.8 Å². The molecule has 36 heavy (non-hydrogen) atoms. The Morgan fingerprint density at radius 1 is 0.639 bits per heavy atom. The number of azide groups is 3. The molecule has 0 radical (unpaired) electrons. The first-order chi connectivity index (χ1) is 17.3. The van der Waals surface area contributed by atoms with Crippen molar-refractivity contribution in [1.82, 2.24) is 0 Å². The number of hydrogen-bond donors (Lipinski definition) is 0. The molecular formula is C20H37N9O7. The molecule has 16 heteroatoms. The zero-order chi connectivity index (χ0) is 27.0. The minimum atomic E-state index is -0.920. The number of rotatable bonds is 23. The van der Waals surface area contributed by atoms with Crippen LogP contribution in [-0.2, 0) is 33.2 Å². The molecule has 0 fully saturated rings. The van der Waals surface area contributed by atoms with Crippen LogP contribution >= 0.6 is 0 Å². The summed E-state index contributed by atoms with van der Waals surface area (Å²) in [6.45, 7) is 8.51. The van der Waals surface area contributed by atoms with Crippen molar-refractivity contribution in [2.45, 2.75) is 32.8 Å². The largest absolute Gasteiger partial charge is 0.460 e. The lowest BCUT2D eigenvalue weighted by Crippen LogP contribution is -2.37. The van der Waals surface area contributed by atoms with Crippen molar-refractivity contribution in [3.05, 3.63) is 31.3 Å². The maximum absolute atomic E-state index is 11.5. The lowest BCUT2D eigenvalue weighted by atomic mass is 9.89. The van der Waals surface area contributed by atoms with Crippen LogP contribution in [0.4, 0.5) is 0 Å². The topological polar surface area (TPSA) is 219 Å². The zero-order valence-corrected chi connectivity index (χ0v) is 21.3. The SMILES string of the molecule is CC(C)(C)OC(=O)CCOCCOCCOCCOCCOCC(CN=[N+]=[N-])(CN=[N+]=[N-])CN=[N+]=[N-]. The predicted molar refractivity (Wildman–Crippen MR) is 129 cm³/mol. The molecule has 204 valence electrons. The summed E-state index contributed by atoms with van der Waals surface area (Å²) in [6, 6.07) is 0. The molecule has 0 aromatic heterocycles. The van der Waals surface area contributed by atoms with E-state index in [1.54, 1.807) is 0 Å². The Hall–Kier alpha value is -2.80. The minimum Gasteiger partial charge on any atom is -0.460 e. The van der Waals surface area contributed by atoms with Gasteiger partial charge in [-0.05, 0) is 37.4 Å². The van der Waals surface area contributed by atoms with E-state index in [-0.39, 0.29) is 51.8 Å². The molecule has 0 spiro atoms. The second-order valence-electron chi connectivity index (χ2n) is 8.51. The van der Waals surface area contributed by atoms with Gasteiger partial charge in [-0.1, -0.05) is 15.3 Å². The summed E-state index contributed by atoms with van der Waals surface area (Å²) in [5.41, 5.74) is 24.3. The van der Waals surface area contributed by atoms with Gasteiger partial charge in [0.1, 0.15) is 5.60 Å². The summed E-state index contributed by atoms with van der Waals surface area (Å²) < 4.78 is 32.3. The first kappa shape index (κ1) is 33.2. The number of carbonyl (C=O) groups excluding carboxylic acids is 1. The van der Waals surface area contributed by atoms with Gasteiger partial charge in [-0.25, -0.2) is 0 Å². The first-order valence-electron chi connectivity index (χ1n) is 11.4. The molecule has 0 saturated carbocycles. The number of hydrogen-bond acceptors (Lipinski definition) is 10. The molecule has 0 heterocycles. The molecule has 0 saturated heterocycles. The molecule has 0 rings (SSSR count). The highest BCUT2D eigenvalue weighted by Crippen LogP contribution is 2.21. The van der Waals surface area contributed by atoms with Crippen molar-refractivity contribution in [2.75, 3.05) is 85.7 Å². The summed E-state index contributed by atoms with van der Waals surface area (Å²) in [5, 5.41) is 10.5. The molecule has 16 nitrogen and oxygen atoms in total. The normalized spacial score (nSPS) is 12.5. The van der Waals surface area contributed by atoms with E-state index in [9.17, 15) is 4.79 Å². The summed E-state index contributed by atoms with van der Waals surface area (Å²) in [7, 11) is 0. The summed E-state index contributed by atoms with van der Waals surface area (Å²) >= 11 is 0. The predicted octanol–water partition coefficient (Wildman–Crippen LogP) is 3.72. The third-order valence-corrected chi connectivity index (χ3v) is 4.17. The van der Waals surface area contributed by atoms with Gasteiger partial charge >= 0.3 is 5.97 Å². The molecule has 0 aromatic rings. The van der Waals surface area contributed by atoms with Crippen molar-refractivity contribution >= 4 is 5.97 Å². The Morgan fingerprint density at radius 3 is 1.36 bits per heavy atom. The smallest absolute Gasteiger partial charge is 0.308 e. The number of esters is 1. The highest BCUT2D eigenvalue weighted by atomic mass is 16.6. The fraction of sp³-hybridized carbons (Fsp3) is 0.950. The molecule has 0 amide bonds. The third kappa shape index (κ3) is 20.6. The van der Waals surface area contributed by atoms with Crippen LogP contribution < -0.4 is 0 Å². The summed E-state index contributed by atoms with van der Waals surface area (Å²) in [6.07, 6.45) is 0.202. The molecule has 0 bridgehead atoms. The van der Waals surface area contributed by atoms with Crippen LogP contribution in [0, 0.1) is 5.41 Å². The van der Waals surface area contributed by atoms with Crippen molar-refractivity contribution in [1.29, 1.82) is 0 Å². The molecule has 0 aliphatic heterocycles. The summed E-state index contributed by atoms with van der Waals surface area (Å²) in [5.74, 6) is -0.292. The Morgan fingerprint density at radius 2 is 1.00 bits per heavy atom.